The predicted octanol–water partition coefficient (Wildman–Crippen LogP) is 3.97. The third-order valence-electron chi connectivity index (χ3n) is 3.14. The summed E-state index contributed by atoms with van der Waals surface area (Å²) in [6, 6.07) is 17.0. The van der Waals surface area contributed by atoms with Crippen molar-refractivity contribution in [2.45, 2.75) is 6.10 Å². The second kappa shape index (κ2) is 5.00. The molecule has 0 fully saturated rings. The monoisotopic (exact) mass is 269 g/mol. The summed E-state index contributed by atoms with van der Waals surface area (Å²) in [5.41, 5.74) is 1.45. The zero-order valence-corrected chi connectivity index (χ0v) is 10.9. The molecule has 19 heavy (non-hydrogen) atoms. The molecule has 0 amide bonds. The third kappa shape index (κ3) is 2.33. The van der Waals surface area contributed by atoms with Crippen molar-refractivity contribution in [3.63, 3.8) is 0 Å². The number of halogens is 1. The third-order valence-corrected chi connectivity index (χ3v) is 3.38. The Balaban J connectivity index is 2.17. The van der Waals surface area contributed by atoms with Gasteiger partial charge in [0.15, 0.2) is 0 Å². The van der Waals surface area contributed by atoms with Crippen LogP contribution in [-0.4, -0.2) is 10.1 Å². The van der Waals surface area contributed by atoms with Crippen LogP contribution >= 0.6 is 11.6 Å². The number of nitrogens with zero attached hydrogens (tertiary/aromatic N) is 1. The zero-order valence-electron chi connectivity index (χ0n) is 10.1. The van der Waals surface area contributed by atoms with Crippen LogP contribution in [0.3, 0.4) is 0 Å². The van der Waals surface area contributed by atoms with Crippen LogP contribution in [0, 0.1) is 0 Å². The lowest BCUT2D eigenvalue weighted by atomic mass is 9.98. The molecule has 0 saturated heterocycles. The van der Waals surface area contributed by atoms with Gasteiger partial charge in [-0.05, 0) is 40.6 Å². The van der Waals surface area contributed by atoms with Crippen molar-refractivity contribution >= 4 is 22.4 Å². The lowest BCUT2D eigenvalue weighted by Gasteiger charge is -2.13. The van der Waals surface area contributed by atoms with Crippen LogP contribution < -0.4 is 0 Å². The van der Waals surface area contributed by atoms with Crippen LogP contribution in [0.5, 0.6) is 0 Å². The van der Waals surface area contributed by atoms with E-state index in [9.17, 15) is 5.11 Å². The van der Waals surface area contributed by atoms with Crippen molar-refractivity contribution in [1.82, 2.24) is 4.98 Å². The van der Waals surface area contributed by atoms with Gasteiger partial charge in [0.1, 0.15) is 6.10 Å². The average Bonchev–Trinajstić information content (AvgIpc) is 2.47. The first kappa shape index (κ1) is 12.2. The van der Waals surface area contributed by atoms with Crippen molar-refractivity contribution in [2.75, 3.05) is 0 Å². The summed E-state index contributed by atoms with van der Waals surface area (Å²) < 4.78 is 0. The molecule has 2 nitrogen and oxygen atoms in total. The molecule has 1 N–H and O–H groups in total. The summed E-state index contributed by atoms with van der Waals surface area (Å²) in [7, 11) is 0. The number of rotatable bonds is 2. The highest BCUT2D eigenvalue weighted by molar-refractivity contribution is 6.31. The van der Waals surface area contributed by atoms with E-state index in [1.54, 1.807) is 6.20 Å². The second-order valence-electron chi connectivity index (χ2n) is 4.37. The van der Waals surface area contributed by atoms with E-state index in [2.05, 4.69) is 4.98 Å². The summed E-state index contributed by atoms with van der Waals surface area (Å²) in [5, 5.41) is 13.1. The Labute approximate surface area is 116 Å². The van der Waals surface area contributed by atoms with Crippen molar-refractivity contribution in [3.05, 3.63) is 77.1 Å². The summed E-state index contributed by atoms with van der Waals surface area (Å²) in [5.74, 6) is 0. The maximum absolute atomic E-state index is 10.5. The molecule has 0 radical (unpaired) electrons. The SMILES string of the molecule is OC(c1ccccn1)c1cccc2ccc(Cl)cc12. The van der Waals surface area contributed by atoms with E-state index in [4.69, 9.17) is 11.6 Å². The van der Waals surface area contributed by atoms with Crippen molar-refractivity contribution < 1.29 is 5.11 Å². The summed E-state index contributed by atoms with van der Waals surface area (Å²) >= 11 is 6.04. The summed E-state index contributed by atoms with van der Waals surface area (Å²) in [4.78, 5) is 4.20. The van der Waals surface area contributed by atoms with Crippen molar-refractivity contribution in [3.8, 4) is 0 Å². The Morgan fingerprint density at radius 3 is 2.68 bits per heavy atom. The highest BCUT2D eigenvalue weighted by Gasteiger charge is 2.14. The molecule has 2 aromatic carbocycles. The van der Waals surface area contributed by atoms with E-state index in [0.717, 1.165) is 16.3 Å². The number of hydrogen-bond donors (Lipinski definition) is 1. The Hall–Kier alpha value is -1.90. The van der Waals surface area contributed by atoms with Gasteiger partial charge in [-0.1, -0.05) is 41.9 Å². The Morgan fingerprint density at radius 2 is 1.89 bits per heavy atom. The number of pyridine rings is 1. The standard InChI is InChI=1S/C16H12ClNO/c17-12-8-7-11-4-3-5-13(14(11)10-12)16(19)15-6-1-2-9-18-15/h1-10,16,19H. The minimum Gasteiger partial charge on any atom is -0.382 e. The number of fused-ring (bicyclic) bond motifs is 1. The van der Waals surface area contributed by atoms with E-state index in [1.807, 2.05) is 54.6 Å². The molecule has 1 atom stereocenters. The van der Waals surface area contributed by atoms with Gasteiger partial charge in [0.25, 0.3) is 0 Å². The fourth-order valence-electron chi connectivity index (χ4n) is 2.20. The van der Waals surface area contributed by atoms with E-state index >= 15 is 0 Å². The van der Waals surface area contributed by atoms with Gasteiger partial charge in [-0.3, -0.25) is 4.98 Å². The highest BCUT2D eigenvalue weighted by atomic mass is 35.5. The first-order valence-corrected chi connectivity index (χ1v) is 6.41. The molecule has 1 aromatic heterocycles. The lowest BCUT2D eigenvalue weighted by molar-refractivity contribution is 0.217. The Kier molecular flexibility index (Phi) is 3.20. The first-order chi connectivity index (χ1) is 9.25. The van der Waals surface area contributed by atoms with Crippen molar-refractivity contribution in [2.24, 2.45) is 0 Å². The molecule has 0 spiro atoms. The fourth-order valence-corrected chi connectivity index (χ4v) is 2.38. The summed E-state index contributed by atoms with van der Waals surface area (Å²) in [6.07, 6.45) is 0.930. The van der Waals surface area contributed by atoms with E-state index < -0.39 is 6.10 Å². The maximum Gasteiger partial charge on any atom is 0.122 e. The molecule has 0 aliphatic carbocycles. The molecular formula is C16H12ClNO. The number of aromatic nitrogens is 1. The molecule has 0 aliphatic rings. The molecule has 3 heteroatoms. The van der Waals surface area contributed by atoms with Crippen LogP contribution in [0.4, 0.5) is 0 Å². The molecule has 3 rings (SSSR count). The first-order valence-electron chi connectivity index (χ1n) is 6.03. The topological polar surface area (TPSA) is 33.1 Å². The fraction of sp³-hybridized carbons (Fsp3) is 0.0625. The summed E-state index contributed by atoms with van der Waals surface area (Å²) in [6.45, 7) is 0. The smallest absolute Gasteiger partial charge is 0.122 e. The number of aliphatic hydroxyl groups excluding tert-OH is 1. The molecular weight excluding hydrogens is 258 g/mol. The molecule has 0 saturated carbocycles. The molecule has 0 bridgehead atoms. The van der Waals surface area contributed by atoms with Crippen LogP contribution in [0.15, 0.2) is 60.8 Å². The van der Waals surface area contributed by atoms with Crippen LogP contribution in [0.2, 0.25) is 5.02 Å². The minimum absolute atomic E-state index is 0.634. The molecule has 3 aromatic rings. The van der Waals surface area contributed by atoms with Gasteiger partial charge < -0.3 is 5.11 Å². The van der Waals surface area contributed by atoms with Crippen LogP contribution in [0.25, 0.3) is 10.8 Å². The van der Waals surface area contributed by atoms with Gasteiger partial charge in [0.2, 0.25) is 0 Å². The van der Waals surface area contributed by atoms with E-state index in [-0.39, 0.29) is 0 Å². The van der Waals surface area contributed by atoms with E-state index in [0.29, 0.717) is 10.7 Å². The van der Waals surface area contributed by atoms with Gasteiger partial charge in [-0.2, -0.15) is 0 Å². The van der Waals surface area contributed by atoms with E-state index in [1.165, 1.54) is 0 Å². The average molecular weight is 270 g/mol. The van der Waals surface area contributed by atoms with Gasteiger partial charge >= 0.3 is 0 Å². The Morgan fingerprint density at radius 1 is 1.00 bits per heavy atom. The largest absolute Gasteiger partial charge is 0.382 e. The quantitative estimate of drug-likeness (QED) is 0.764. The van der Waals surface area contributed by atoms with Crippen LogP contribution in [0.1, 0.15) is 17.4 Å². The zero-order chi connectivity index (χ0) is 13.2. The number of hydrogen-bond acceptors (Lipinski definition) is 2. The molecule has 94 valence electrons. The Bertz CT molecular complexity index is 712. The molecule has 0 aliphatic heterocycles. The van der Waals surface area contributed by atoms with Gasteiger partial charge in [0, 0.05) is 11.2 Å². The van der Waals surface area contributed by atoms with Gasteiger partial charge in [0.05, 0.1) is 5.69 Å². The highest BCUT2D eigenvalue weighted by Crippen LogP contribution is 2.29. The van der Waals surface area contributed by atoms with Crippen molar-refractivity contribution in [1.29, 1.82) is 0 Å². The van der Waals surface area contributed by atoms with Gasteiger partial charge in [-0.25, -0.2) is 0 Å². The molecule has 1 heterocycles. The predicted molar refractivity (Wildman–Crippen MR) is 77.3 cm³/mol. The number of aliphatic hydroxyl groups is 1. The molecule has 1 unspecified atom stereocenters. The number of benzene rings is 2. The lowest BCUT2D eigenvalue weighted by Crippen LogP contribution is -2.02. The van der Waals surface area contributed by atoms with Gasteiger partial charge in [-0.15, -0.1) is 0 Å². The maximum atomic E-state index is 10.5. The van der Waals surface area contributed by atoms with Crippen LogP contribution in [-0.2, 0) is 0 Å². The second-order valence-corrected chi connectivity index (χ2v) is 4.81. The normalized spacial score (nSPS) is 12.5. The minimum atomic E-state index is -0.747.